The summed E-state index contributed by atoms with van der Waals surface area (Å²) in [5, 5.41) is 10.5. The highest BCUT2D eigenvalue weighted by atomic mass is 35.5. The molecule has 0 bridgehead atoms. The molecule has 0 saturated carbocycles. The number of hydrogen-bond acceptors (Lipinski definition) is 7. The molecule has 1 atom stereocenters. The van der Waals surface area contributed by atoms with Crippen molar-refractivity contribution < 1.29 is 33.6 Å². The Hall–Kier alpha value is -4.56. The van der Waals surface area contributed by atoms with E-state index in [4.69, 9.17) is 35.3 Å². The highest BCUT2D eigenvalue weighted by molar-refractivity contribution is 6.33. The third-order valence-electron chi connectivity index (χ3n) is 7.78. The number of phenolic OH excluding ortho intramolecular Hbond substituents is 1. The minimum Gasteiger partial charge on any atom is -0.508 e. The maximum atomic E-state index is 13.3. The van der Waals surface area contributed by atoms with Crippen molar-refractivity contribution in [2.45, 2.75) is 51.9 Å². The van der Waals surface area contributed by atoms with Gasteiger partial charge in [-0.05, 0) is 97.5 Å². The molecule has 0 spiro atoms. The van der Waals surface area contributed by atoms with Crippen LogP contribution in [0, 0.1) is 0 Å². The molecular weight excluding hydrogens is 606 g/mol. The lowest BCUT2D eigenvalue weighted by Gasteiger charge is -2.29. The van der Waals surface area contributed by atoms with Crippen molar-refractivity contribution in [3.63, 3.8) is 0 Å². The zero-order chi connectivity index (χ0) is 32.8. The van der Waals surface area contributed by atoms with Gasteiger partial charge < -0.3 is 33.7 Å². The van der Waals surface area contributed by atoms with Crippen LogP contribution >= 0.6 is 11.6 Å². The predicted molar refractivity (Wildman–Crippen MR) is 178 cm³/mol. The maximum absolute atomic E-state index is 13.3. The molecule has 1 amide bonds. The van der Waals surface area contributed by atoms with E-state index >= 15 is 0 Å². The second-order valence-corrected chi connectivity index (χ2v) is 12.6. The summed E-state index contributed by atoms with van der Waals surface area (Å²) in [4.78, 5) is 15.1. The quantitative estimate of drug-likeness (QED) is 0.197. The normalized spacial score (nSPS) is 14.6. The molecule has 242 valence electrons. The molecule has 0 aliphatic carbocycles. The molecule has 0 aromatic heterocycles. The van der Waals surface area contributed by atoms with Gasteiger partial charge in [-0.25, -0.2) is 4.79 Å². The number of ether oxygens (including phenoxy) is 5. The number of phenols is 1. The lowest BCUT2D eigenvalue weighted by atomic mass is 9.87. The number of halogens is 1. The van der Waals surface area contributed by atoms with Gasteiger partial charge in [-0.2, -0.15) is 0 Å². The molecule has 1 aliphatic heterocycles. The number of amides is 1. The van der Waals surface area contributed by atoms with E-state index in [0.29, 0.717) is 36.0 Å². The summed E-state index contributed by atoms with van der Waals surface area (Å²) in [7, 11) is 3.26. The summed E-state index contributed by atoms with van der Waals surface area (Å²) in [5.74, 6) is 2.31. The molecule has 0 fully saturated rings. The van der Waals surface area contributed by atoms with Gasteiger partial charge in [0.05, 0.1) is 19.2 Å². The van der Waals surface area contributed by atoms with E-state index < -0.39 is 11.7 Å². The smallest absolute Gasteiger partial charge is 0.410 e. The van der Waals surface area contributed by atoms with E-state index in [9.17, 15) is 9.90 Å². The number of aromatic hydroxyl groups is 1. The Balaban J connectivity index is 1.55. The van der Waals surface area contributed by atoms with Crippen molar-refractivity contribution in [3.8, 4) is 28.7 Å². The Morgan fingerprint density at radius 1 is 0.870 bits per heavy atom. The number of carbonyl (C=O) groups is 1. The Kier molecular flexibility index (Phi) is 10.2. The first-order valence-electron chi connectivity index (χ1n) is 15.2. The molecule has 9 heteroatoms. The van der Waals surface area contributed by atoms with Crippen LogP contribution in [0.5, 0.6) is 28.7 Å². The molecule has 4 aromatic carbocycles. The maximum Gasteiger partial charge on any atom is 0.410 e. The molecule has 0 radical (unpaired) electrons. The zero-order valence-corrected chi connectivity index (χ0v) is 27.6. The van der Waals surface area contributed by atoms with Crippen molar-refractivity contribution in [2.75, 3.05) is 27.3 Å². The average Bonchev–Trinajstić information content (AvgIpc) is 3.24. The van der Waals surface area contributed by atoms with Crippen LogP contribution in [0.3, 0.4) is 0 Å². The van der Waals surface area contributed by atoms with Gasteiger partial charge >= 0.3 is 6.09 Å². The van der Waals surface area contributed by atoms with Crippen molar-refractivity contribution in [1.82, 2.24) is 4.90 Å². The number of methoxy groups -OCH3 is 2. The molecule has 46 heavy (non-hydrogen) atoms. The second kappa shape index (κ2) is 14.3. The van der Waals surface area contributed by atoms with Crippen molar-refractivity contribution >= 4 is 17.7 Å². The van der Waals surface area contributed by atoms with Gasteiger partial charge in [0.25, 0.3) is 0 Å². The van der Waals surface area contributed by atoms with E-state index in [1.807, 2.05) is 87.5 Å². The van der Waals surface area contributed by atoms with Crippen molar-refractivity contribution in [1.29, 1.82) is 0 Å². The van der Waals surface area contributed by atoms with Crippen LogP contribution < -0.4 is 18.9 Å². The van der Waals surface area contributed by atoms with Crippen molar-refractivity contribution in [3.05, 3.63) is 112 Å². The SMILES string of the molecule is COc1ccc(COc2cc3c(c(Cl)c2OCc2ccc(OC)cc2)CCN(C(=O)OC(C)(C)C)CC3c2ccc(O)cc2)cc1. The van der Waals surface area contributed by atoms with E-state index in [0.717, 1.165) is 39.3 Å². The first-order valence-corrected chi connectivity index (χ1v) is 15.6. The van der Waals surface area contributed by atoms with Crippen LogP contribution in [0.4, 0.5) is 4.79 Å². The monoisotopic (exact) mass is 645 g/mol. The summed E-state index contributed by atoms with van der Waals surface area (Å²) in [6.07, 6.45) is 0.0896. The highest BCUT2D eigenvalue weighted by Gasteiger charge is 2.33. The van der Waals surface area contributed by atoms with Crippen LogP contribution in [0.15, 0.2) is 78.9 Å². The Morgan fingerprint density at radius 2 is 1.43 bits per heavy atom. The second-order valence-electron chi connectivity index (χ2n) is 12.2. The third-order valence-corrected chi connectivity index (χ3v) is 8.18. The van der Waals surface area contributed by atoms with Crippen LogP contribution in [0.25, 0.3) is 0 Å². The number of fused-ring (bicyclic) bond motifs is 1. The van der Waals surface area contributed by atoms with Crippen LogP contribution in [0.1, 0.15) is 54.5 Å². The van der Waals surface area contributed by atoms with Gasteiger partial charge in [0, 0.05) is 19.0 Å². The highest BCUT2D eigenvalue weighted by Crippen LogP contribution is 2.46. The van der Waals surface area contributed by atoms with Gasteiger partial charge in [-0.1, -0.05) is 48.0 Å². The minimum absolute atomic E-state index is 0.158. The van der Waals surface area contributed by atoms with Crippen LogP contribution in [0.2, 0.25) is 5.02 Å². The summed E-state index contributed by atoms with van der Waals surface area (Å²) >= 11 is 7.24. The van der Waals surface area contributed by atoms with Gasteiger partial charge in [0.15, 0.2) is 11.5 Å². The zero-order valence-electron chi connectivity index (χ0n) is 26.8. The summed E-state index contributed by atoms with van der Waals surface area (Å²) < 4.78 is 29.2. The number of hydrogen-bond donors (Lipinski definition) is 1. The first kappa shape index (κ1) is 32.8. The summed E-state index contributed by atoms with van der Waals surface area (Å²) in [6, 6.07) is 24.3. The average molecular weight is 646 g/mol. The summed E-state index contributed by atoms with van der Waals surface area (Å²) in [5.41, 5.74) is 3.94. The van der Waals surface area contributed by atoms with Gasteiger partial charge in [-0.15, -0.1) is 0 Å². The van der Waals surface area contributed by atoms with Gasteiger partial charge in [0.1, 0.15) is 36.1 Å². The Labute approximate surface area is 275 Å². The van der Waals surface area contributed by atoms with Crippen LogP contribution in [-0.2, 0) is 24.4 Å². The third kappa shape index (κ3) is 7.98. The lowest BCUT2D eigenvalue weighted by molar-refractivity contribution is 0.0251. The fourth-order valence-electron chi connectivity index (χ4n) is 5.37. The standard InChI is InChI=1S/C37H40ClNO7/c1-37(2,3)46-36(41)39-19-18-30-31(32(21-39)26-10-12-27(40)13-11-26)20-33(44-22-24-6-14-28(42-4)15-7-24)35(34(30)38)45-23-25-8-16-29(43-5)17-9-25/h6-17,20,32,40H,18-19,21-23H2,1-5H3. The van der Waals surface area contributed by atoms with E-state index in [2.05, 4.69) is 0 Å². The lowest BCUT2D eigenvalue weighted by Crippen LogP contribution is -2.39. The first-order chi connectivity index (χ1) is 22.0. The molecule has 1 heterocycles. The molecule has 5 rings (SSSR count). The predicted octanol–water partition coefficient (Wildman–Crippen LogP) is 8.15. The number of nitrogens with zero attached hydrogens (tertiary/aromatic N) is 1. The molecule has 4 aromatic rings. The fourth-order valence-corrected chi connectivity index (χ4v) is 5.72. The topological polar surface area (TPSA) is 86.7 Å². The molecular formula is C37H40ClNO7. The largest absolute Gasteiger partial charge is 0.508 e. The molecule has 1 N–H and O–H groups in total. The van der Waals surface area contributed by atoms with E-state index in [1.54, 1.807) is 31.3 Å². The Bertz CT molecular complexity index is 1630. The van der Waals surface area contributed by atoms with Crippen molar-refractivity contribution in [2.24, 2.45) is 0 Å². The number of carbonyl (C=O) groups excluding carboxylic acids is 1. The molecule has 0 saturated heterocycles. The van der Waals surface area contributed by atoms with Gasteiger partial charge in [-0.3, -0.25) is 0 Å². The minimum atomic E-state index is -0.646. The summed E-state index contributed by atoms with van der Waals surface area (Å²) in [6.45, 7) is 6.84. The Morgan fingerprint density at radius 3 is 1.98 bits per heavy atom. The van der Waals surface area contributed by atoms with E-state index in [1.165, 1.54) is 0 Å². The molecule has 8 nitrogen and oxygen atoms in total. The fraction of sp³-hybridized carbons (Fsp3) is 0.324. The van der Waals surface area contributed by atoms with E-state index in [-0.39, 0.29) is 24.9 Å². The number of benzene rings is 4. The number of rotatable bonds is 9. The van der Waals surface area contributed by atoms with Gasteiger partial charge in [0.2, 0.25) is 0 Å². The molecule has 1 unspecified atom stereocenters. The molecule has 1 aliphatic rings. The van der Waals surface area contributed by atoms with Crippen LogP contribution in [-0.4, -0.2) is 49.0 Å².